The van der Waals surface area contributed by atoms with Gasteiger partial charge in [-0.25, -0.2) is 18.9 Å². The molecule has 1 atom stereocenters. The number of aromatic amines is 1. The van der Waals surface area contributed by atoms with E-state index in [9.17, 15) is 14.0 Å². The fourth-order valence-electron chi connectivity index (χ4n) is 4.83. The number of hydrogen-bond acceptors (Lipinski definition) is 6. The normalized spacial score (nSPS) is 16.0. The molecule has 0 radical (unpaired) electrons. The molecule has 5 aromatic rings. The minimum absolute atomic E-state index is 0.104. The molecule has 0 bridgehead atoms. The van der Waals surface area contributed by atoms with Crippen molar-refractivity contribution in [2.75, 3.05) is 11.4 Å². The molecule has 9 nitrogen and oxygen atoms in total. The van der Waals surface area contributed by atoms with Crippen LogP contribution in [-0.2, 0) is 0 Å². The van der Waals surface area contributed by atoms with Gasteiger partial charge in [0.25, 0.3) is 5.56 Å². The Labute approximate surface area is 202 Å². The maximum atomic E-state index is 13.7. The fraction of sp³-hybridized carbons (Fsp3) is 0.208. The summed E-state index contributed by atoms with van der Waals surface area (Å²) in [5.41, 5.74) is 1.41. The number of hydrogen-bond donors (Lipinski definition) is 1. The van der Waals surface area contributed by atoms with E-state index in [2.05, 4.69) is 15.0 Å². The number of Topliss-reactive ketones (excluding diaryl/α,β-unsaturated/α-hetero) is 1. The van der Waals surface area contributed by atoms with Crippen LogP contribution in [0.15, 0.2) is 53.8 Å². The Morgan fingerprint density at radius 1 is 1.20 bits per heavy atom. The van der Waals surface area contributed by atoms with Gasteiger partial charge in [0.15, 0.2) is 11.6 Å². The number of ketones is 1. The molecule has 1 N–H and O–H groups in total. The second-order valence-corrected chi connectivity index (χ2v) is 8.87. The lowest BCUT2D eigenvalue weighted by Crippen LogP contribution is -2.33. The molecule has 1 aliphatic heterocycles. The summed E-state index contributed by atoms with van der Waals surface area (Å²) in [4.78, 5) is 39.9. The van der Waals surface area contributed by atoms with Crippen LogP contribution in [-0.4, -0.2) is 41.5 Å². The van der Waals surface area contributed by atoms with Crippen LogP contribution in [0.4, 0.5) is 10.2 Å². The molecule has 5 heterocycles. The Morgan fingerprint density at radius 3 is 2.77 bits per heavy atom. The van der Waals surface area contributed by atoms with Crippen molar-refractivity contribution in [2.24, 2.45) is 0 Å². The lowest BCUT2D eigenvalue weighted by molar-refractivity contribution is 0.101. The van der Waals surface area contributed by atoms with Gasteiger partial charge in [0, 0.05) is 24.5 Å². The van der Waals surface area contributed by atoms with Gasteiger partial charge in [0.2, 0.25) is 0 Å². The molecule has 0 saturated carbocycles. The van der Waals surface area contributed by atoms with Crippen LogP contribution in [0.25, 0.3) is 22.2 Å². The molecule has 35 heavy (non-hydrogen) atoms. The maximum absolute atomic E-state index is 13.7. The minimum Gasteiger partial charge on any atom is -0.346 e. The smallest absolute Gasteiger partial charge is 0.284 e. The number of aromatic nitrogens is 6. The highest BCUT2D eigenvalue weighted by molar-refractivity contribution is 6.33. The summed E-state index contributed by atoms with van der Waals surface area (Å²) >= 11 is 6.30. The lowest BCUT2D eigenvalue weighted by atomic mass is 10.1. The molecule has 176 valence electrons. The van der Waals surface area contributed by atoms with Crippen molar-refractivity contribution in [3.8, 4) is 5.69 Å². The van der Waals surface area contributed by atoms with Crippen LogP contribution in [0.3, 0.4) is 0 Å². The fourth-order valence-corrected chi connectivity index (χ4v) is 5.06. The Balaban J connectivity index is 1.60. The first-order valence-electron chi connectivity index (χ1n) is 11.1. The van der Waals surface area contributed by atoms with Crippen LogP contribution < -0.4 is 10.5 Å². The third kappa shape index (κ3) is 3.32. The highest BCUT2D eigenvalue weighted by Crippen LogP contribution is 2.38. The van der Waals surface area contributed by atoms with E-state index < -0.39 is 5.82 Å². The van der Waals surface area contributed by atoms with Crippen LogP contribution in [0.1, 0.15) is 42.0 Å². The standard InChI is InChI=1S/C24H19ClFN7O2/c1-13(34)16-11-27-21-19(16)23(29-12-28-21)31-9-2-3-18(31)22-30-32-10-8-17(25)20(32)24(35)33(22)15-6-4-14(26)5-7-15/h4-8,10-12,18H,2-3,9H2,1H3,(H,27,28,29)/t18-/m0/s1. The zero-order valence-electron chi connectivity index (χ0n) is 18.6. The second kappa shape index (κ2) is 8.02. The average Bonchev–Trinajstić information content (AvgIpc) is 3.58. The van der Waals surface area contributed by atoms with E-state index in [0.29, 0.717) is 46.9 Å². The van der Waals surface area contributed by atoms with Crippen molar-refractivity contribution in [1.82, 2.24) is 29.1 Å². The number of H-pyrrole nitrogens is 1. The highest BCUT2D eigenvalue weighted by Gasteiger charge is 2.34. The molecule has 11 heteroatoms. The molecular formula is C24H19ClFN7O2. The molecular weight excluding hydrogens is 473 g/mol. The van der Waals surface area contributed by atoms with Gasteiger partial charge in [-0.2, -0.15) is 5.10 Å². The molecule has 1 fully saturated rings. The quantitative estimate of drug-likeness (QED) is 0.380. The Kier molecular flexibility index (Phi) is 4.92. The van der Waals surface area contributed by atoms with Gasteiger partial charge < -0.3 is 9.88 Å². The first kappa shape index (κ1) is 21.5. The number of carbonyl (C=O) groups is 1. The predicted octanol–water partition coefficient (Wildman–Crippen LogP) is 4.09. The molecule has 1 saturated heterocycles. The molecule has 0 spiro atoms. The largest absolute Gasteiger partial charge is 0.346 e. The zero-order valence-corrected chi connectivity index (χ0v) is 19.3. The number of benzene rings is 1. The molecule has 4 aromatic heterocycles. The molecule has 6 rings (SSSR count). The lowest BCUT2D eigenvalue weighted by Gasteiger charge is -2.27. The summed E-state index contributed by atoms with van der Waals surface area (Å²) < 4.78 is 16.6. The van der Waals surface area contributed by atoms with Crippen LogP contribution >= 0.6 is 11.6 Å². The third-order valence-electron chi connectivity index (χ3n) is 6.40. The van der Waals surface area contributed by atoms with E-state index in [0.717, 1.165) is 6.42 Å². The van der Waals surface area contributed by atoms with E-state index in [1.807, 2.05) is 4.90 Å². The van der Waals surface area contributed by atoms with Crippen molar-refractivity contribution in [3.63, 3.8) is 0 Å². The van der Waals surface area contributed by atoms with E-state index in [1.54, 1.807) is 18.5 Å². The van der Waals surface area contributed by atoms with Crippen molar-refractivity contribution in [3.05, 3.63) is 81.6 Å². The van der Waals surface area contributed by atoms with Crippen molar-refractivity contribution in [2.45, 2.75) is 25.8 Å². The summed E-state index contributed by atoms with van der Waals surface area (Å²) in [5, 5.41) is 5.69. The summed E-state index contributed by atoms with van der Waals surface area (Å²) in [6.07, 6.45) is 6.23. The highest BCUT2D eigenvalue weighted by atomic mass is 35.5. The Morgan fingerprint density at radius 2 is 2.00 bits per heavy atom. The first-order chi connectivity index (χ1) is 16.9. The maximum Gasteiger partial charge on any atom is 0.284 e. The third-order valence-corrected chi connectivity index (χ3v) is 6.70. The number of carbonyl (C=O) groups excluding carboxylic acids is 1. The van der Waals surface area contributed by atoms with E-state index in [1.165, 1.54) is 46.6 Å². The second-order valence-electron chi connectivity index (χ2n) is 8.46. The van der Waals surface area contributed by atoms with Crippen molar-refractivity contribution < 1.29 is 9.18 Å². The number of nitrogens with one attached hydrogen (secondary N) is 1. The Bertz CT molecular complexity index is 1670. The number of halogens is 2. The van der Waals surface area contributed by atoms with Crippen LogP contribution in [0.5, 0.6) is 0 Å². The van der Waals surface area contributed by atoms with Gasteiger partial charge in [-0.3, -0.25) is 14.2 Å². The van der Waals surface area contributed by atoms with Crippen molar-refractivity contribution >= 4 is 39.8 Å². The summed E-state index contributed by atoms with van der Waals surface area (Å²) in [6, 6.07) is 6.95. The van der Waals surface area contributed by atoms with Gasteiger partial charge in [0.1, 0.15) is 29.1 Å². The van der Waals surface area contributed by atoms with Crippen LogP contribution in [0, 0.1) is 5.82 Å². The number of nitrogens with zero attached hydrogens (tertiary/aromatic N) is 6. The van der Waals surface area contributed by atoms with Gasteiger partial charge >= 0.3 is 0 Å². The predicted molar refractivity (Wildman–Crippen MR) is 129 cm³/mol. The average molecular weight is 492 g/mol. The van der Waals surface area contributed by atoms with Gasteiger partial charge in [0.05, 0.1) is 22.1 Å². The summed E-state index contributed by atoms with van der Waals surface area (Å²) in [7, 11) is 0. The SMILES string of the molecule is CC(=O)c1c[nH]c2ncnc(N3CCC[C@H]3c3nn4ccc(Cl)c4c(=O)n3-c3ccc(F)cc3)c12. The van der Waals surface area contributed by atoms with Gasteiger partial charge in [-0.05, 0) is 50.1 Å². The van der Waals surface area contributed by atoms with Gasteiger partial charge in [-0.15, -0.1) is 0 Å². The first-order valence-corrected chi connectivity index (χ1v) is 11.5. The Hall–Kier alpha value is -4.05. The minimum atomic E-state index is -0.409. The molecule has 1 aromatic carbocycles. The number of anilines is 1. The number of rotatable bonds is 4. The van der Waals surface area contributed by atoms with E-state index >= 15 is 0 Å². The van der Waals surface area contributed by atoms with E-state index in [-0.39, 0.29) is 27.9 Å². The summed E-state index contributed by atoms with van der Waals surface area (Å²) in [6.45, 7) is 2.14. The van der Waals surface area contributed by atoms with E-state index in [4.69, 9.17) is 16.7 Å². The zero-order chi connectivity index (χ0) is 24.3. The van der Waals surface area contributed by atoms with Crippen LogP contribution in [0.2, 0.25) is 5.02 Å². The molecule has 0 aliphatic carbocycles. The monoisotopic (exact) mass is 491 g/mol. The molecule has 1 aliphatic rings. The summed E-state index contributed by atoms with van der Waals surface area (Å²) in [5.74, 6) is 0.543. The molecule has 0 unspecified atom stereocenters. The number of fused-ring (bicyclic) bond motifs is 2. The molecule has 0 amide bonds. The topological polar surface area (TPSA) is 101 Å². The van der Waals surface area contributed by atoms with Gasteiger partial charge in [-0.1, -0.05) is 11.6 Å². The van der Waals surface area contributed by atoms with Crippen molar-refractivity contribution in [1.29, 1.82) is 0 Å².